The minimum absolute atomic E-state index is 0.146. The van der Waals surface area contributed by atoms with Gasteiger partial charge in [0.25, 0.3) is 5.91 Å². The number of nitrogens with one attached hydrogen (secondary N) is 2. The summed E-state index contributed by atoms with van der Waals surface area (Å²) in [6, 6.07) is 12.3. The molecule has 1 heterocycles. The number of aryl methyl sites for hydroxylation is 2. The molecule has 0 unspecified atom stereocenters. The molecule has 2 aromatic carbocycles. The van der Waals surface area contributed by atoms with E-state index in [2.05, 4.69) is 10.9 Å². The lowest BCUT2D eigenvalue weighted by Crippen LogP contribution is -2.41. The number of fused-ring (bicyclic) bond motifs is 1. The van der Waals surface area contributed by atoms with E-state index in [4.69, 9.17) is 9.15 Å². The molecule has 25 heavy (non-hydrogen) atoms. The Hall–Kier alpha value is -3.28. The van der Waals surface area contributed by atoms with Gasteiger partial charge < -0.3 is 9.15 Å². The second-order valence-electron chi connectivity index (χ2n) is 5.69. The Kier molecular flexibility index (Phi) is 4.43. The molecule has 0 spiro atoms. The summed E-state index contributed by atoms with van der Waals surface area (Å²) in [5.41, 5.74) is 7.53. The van der Waals surface area contributed by atoms with Crippen LogP contribution in [0.2, 0.25) is 0 Å². The molecule has 0 aliphatic heterocycles. The van der Waals surface area contributed by atoms with Crippen molar-refractivity contribution in [3.8, 4) is 5.75 Å². The topological polar surface area (TPSA) is 80.6 Å². The quantitative estimate of drug-likeness (QED) is 0.719. The predicted octanol–water partition coefficient (Wildman–Crippen LogP) is 3.13. The van der Waals surface area contributed by atoms with Crippen molar-refractivity contribution in [1.29, 1.82) is 0 Å². The molecule has 2 amide bonds. The summed E-state index contributed by atoms with van der Waals surface area (Å²) in [6.45, 7) is 3.71. The SMILES string of the molecule is COc1ccc2oc(C(=O)NNC(=O)c3ccc(C)cc3)c(C)c2c1. The molecule has 0 radical (unpaired) electrons. The molecule has 6 heteroatoms. The van der Waals surface area contributed by atoms with Crippen LogP contribution in [0.15, 0.2) is 46.9 Å². The summed E-state index contributed by atoms with van der Waals surface area (Å²) in [6.07, 6.45) is 0. The van der Waals surface area contributed by atoms with Crippen LogP contribution < -0.4 is 15.6 Å². The molecule has 3 aromatic rings. The monoisotopic (exact) mass is 338 g/mol. The first-order valence-electron chi connectivity index (χ1n) is 7.74. The fourth-order valence-corrected chi connectivity index (χ4v) is 2.49. The zero-order chi connectivity index (χ0) is 18.0. The molecular formula is C19H18N2O4. The van der Waals surface area contributed by atoms with Gasteiger partial charge in [0.15, 0.2) is 5.76 Å². The van der Waals surface area contributed by atoms with Crippen LogP contribution in [0, 0.1) is 13.8 Å². The fourth-order valence-electron chi connectivity index (χ4n) is 2.49. The number of carbonyl (C=O) groups excluding carboxylic acids is 2. The van der Waals surface area contributed by atoms with Gasteiger partial charge in [-0.2, -0.15) is 0 Å². The standard InChI is InChI=1S/C19H18N2O4/c1-11-4-6-13(7-5-11)18(22)20-21-19(23)17-12(2)15-10-14(24-3)8-9-16(15)25-17/h4-10H,1-3H3,(H,20,22)(H,21,23). The normalized spacial score (nSPS) is 10.5. The molecule has 1 aromatic heterocycles. The largest absolute Gasteiger partial charge is 0.497 e. The van der Waals surface area contributed by atoms with Gasteiger partial charge in [-0.05, 0) is 44.2 Å². The average molecular weight is 338 g/mol. The summed E-state index contributed by atoms with van der Waals surface area (Å²) >= 11 is 0. The van der Waals surface area contributed by atoms with Crippen LogP contribution in [0.4, 0.5) is 0 Å². The minimum Gasteiger partial charge on any atom is -0.497 e. The molecular weight excluding hydrogens is 320 g/mol. The van der Waals surface area contributed by atoms with E-state index in [1.807, 2.05) is 19.1 Å². The van der Waals surface area contributed by atoms with Gasteiger partial charge in [-0.15, -0.1) is 0 Å². The first kappa shape index (κ1) is 16.6. The Balaban J connectivity index is 1.75. The number of benzene rings is 2. The van der Waals surface area contributed by atoms with Crippen LogP contribution in [0.5, 0.6) is 5.75 Å². The molecule has 0 atom stereocenters. The molecule has 0 aliphatic carbocycles. The molecule has 0 saturated carbocycles. The van der Waals surface area contributed by atoms with E-state index in [9.17, 15) is 9.59 Å². The van der Waals surface area contributed by atoms with Crippen molar-refractivity contribution in [1.82, 2.24) is 10.9 Å². The number of amides is 2. The number of carbonyl (C=O) groups is 2. The number of ether oxygens (including phenoxy) is 1. The van der Waals surface area contributed by atoms with E-state index >= 15 is 0 Å². The number of hydrogen-bond donors (Lipinski definition) is 2. The lowest BCUT2D eigenvalue weighted by Gasteiger charge is -2.06. The van der Waals surface area contributed by atoms with Crippen LogP contribution >= 0.6 is 0 Å². The average Bonchev–Trinajstić information content (AvgIpc) is 2.96. The van der Waals surface area contributed by atoms with Gasteiger partial charge in [0.05, 0.1) is 7.11 Å². The number of hydrazine groups is 1. The highest BCUT2D eigenvalue weighted by molar-refractivity contribution is 6.01. The van der Waals surface area contributed by atoms with Crippen LogP contribution in [0.1, 0.15) is 32.0 Å². The Morgan fingerprint density at radius 2 is 1.64 bits per heavy atom. The van der Waals surface area contributed by atoms with Crippen molar-refractivity contribution in [3.05, 3.63) is 64.9 Å². The first-order valence-corrected chi connectivity index (χ1v) is 7.74. The summed E-state index contributed by atoms with van der Waals surface area (Å²) in [7, 11) is 1.57. The number of furan rings is 1. The zero-order valence-electron chi connectivity index (χ0n) is 14.2. The third-order valence-corrected chi connectivity index (χ3v) is 3.95. The Morgan fingerprint density at radius 1 is 0.960 bits per heavy atom. The van der Waals surface area contributed by atoms with E-state index in [0.29, 0.717) is 22.5 Å². The maximum atomic E-state index is 12.3. The second kappa shape index (κ2) is 6.68. The molecule has 6 nitrogen and oxygen atoms in total. The Labute approximate surface area is 144 Å². The van der Waals surface area contributed by atoms with Crippen molar-refractivity contribution < 1.29 is 18.7 Å². The van der Waals surface area contributed by atoms with E-state index < -0.39 is 11.8 Å². The minimum atomic E-state index is -0.520. The van der Waals surface area contributed by atoms with Crippen molar-refractivity contribution in [2.75, 3.05) is 7.11 Å². The van der Waals surface area contributed by atoms with Crippen LogP contribution in [0.25, 0.3) is 11.0 Å². The van der Waals surface area contributed by atoms with Crippen LogP contribution in [-0.2, 0) is 0 Å². The predicted molar refractivity (Wildman–Crippen MR) is 93.6 cm³/mol. The smallest absolute Gasteiger partial charge is 0.305 e. The molecule has 0 aliphatic rings. The molecule has 0 bridgehead atoms. The Bertz CT molecular complexity index is 942. The molecule has 2 N–H and O–H groups in total. The van der Waals surface area contributed by atoms with Gasteiger partial charge in [-0.1, -0.05) is 17.7 Å². The zero-order valence-corrected chi connectivity index (χ0v) is 14.2. The maximum Gasteiger partial charge on any atom is 0.305 e. The van der Waals surface area contributed by atoms with Crippen LogP contribution in [-0.4, -0.2) is 18.9 Å². The van der Waals surface area contributed by atoms with Crippen molar-refractivity contribution in [2.45, 2.75) is 13.8 Å². The lowest BCUT2D eigenvalue weighted by molar-refractivity contribution is 0.0831. The molecule has 0 fully saturated rings. The third kappa shape index (κ3) is 3.33. The highest BCUT2D eigenvalue weighted by Gasteiger charge is 2.18. The van der Waals surface area contributed by atoms with Gasteiger partial charge in [0.1, 0.15) is 11.3 Å². The molecule has 128 valence electrons. The fraction of sp³-hybridized carbons (Fsp3) is 0.158. The van der Waals surface area contributed by atoms with Crippen LogP contribution in [0.3, 0.4) is 0 Å². The number of methoxy groups -OCH3 is 1. The highest BCUT2D eigenvalue weighted by Crippen LogP contribution is 2.28. The summed E-state index contributed by atoms with van der Waals surface area (Å²) < 4.78 is 10.8. The van der Waals surface area contributed by atoms with Crippen molar-refractivity contribution in [2.24, 2.45) is 0 Å². The maximum absolute atomic E-state index is 12.3. The van der Waals surface area contributed by atoms with Crippen molar-refractivity contribution in [3.63, 3.8) is 0 Å². The first-order chi connectivity index (χ1) is 12.0. The summed E-state index contributed by atoms with van der Waals surface area (Å²) in [5.74, 6) is -0.0968. The van der Waals surface area contributed by atoms with E-state index in [1.54, 1.807) is 44.4 Å². The van der Waals surface area contributed by atoms with Gasteiger partial charge in [-0.3, -0.25) is 20.4 Å². The van der Waals surface area contributed by atoms with Gasteiger partial charge >= 0.3 is 5.91 Å². The summed E-state index contributed by atoms with van der Waals surface area (Å²) in [4.78, 5) is 24.4. The van der Waals surface area contributed by atoms with Crippen molar-refractivity contribution >= 4 is 22.8 Å². The van der Waals surface area contributed by atoms with E-state index in [-0.39, 0.29) is 5.76 Å². The lowest BCUT2D eigenvalue weighted by atomic mass is 10.1. The van der Waals surface area contributed by atoms with Gasteiger partial charge in [0, 0.05) is 16.5 Å². The Morgan fingerprint density at radius 3 is 2.32 bits per heavy atom. The third-order valence-electron chi connectivity index (χ3n) is 3.95. The second-order valence-corrected chi connectivity index (χ2v) is 5.69. The van der Waals surface area contributed by atoms with Gasteiger partial charge in [-0.25, -0.2) is 0 Å². The molecule has 3 rings (SSSR count). The highest BCUT2D eigenvalue weighted by atomic mass is 16.5. The van der Waals surface area contributed by atoms with E-state index in [1.165, 1.54) is 0 Å². The number of hydrogen-bond acceptors (Lipinski definition) is 4. The summed E-state index contributed by atoms with van der Waals surface area (Å²) in [5, 5.41) is 0.786. The van der Waals surface area contributed by atoms with E-state index in [0.717, 1.165) is 10.9 Å². The van der Waals surface area contributed by atoms with Gasteiger partial charge in [0.2, 0.25) is 0 Å². The molecule has 0 saturated heterocycles. The number of rotatable bonds is 3.